The van der Waals surface area contributed by atoms with Crippen LogP contribution in [0.25, 0.3) is 0 Å². The maximum Gasteiger partial charge on any atom is 0.245 e. The third-order valence-corrected chi connectivity index (χ3v) is 2.90. The first-order valence-electron chi connectivity index (χ1n) is 3.44. The van der Waals surface area contributed by atoms with Crippen LogP contribution in [0.15, 0.2) is 30.3 Å². The average Bonchev–Trinajstić information content (AvgIpc) is 2.18. The van der Waals surface area contributed by atoms with Crippen LogP contribution in [0.2, 0.25) is 0 Å². The van der Waals surface area contributed by atoms with Gasteiger partial charge in [-0.05, 0) is 0 Å². The third kappa shape index (κ3) is 1.67. The highest BCUT2D eigenvalue weighted by Gasteiger charge is 2.27. The average molecular weight is 198 g/mol. The Morgan fingerprint density at radius 2 is 2.00 bits per heavy atom. The number of nitriles is 1. The van der Waals surface area contributed by atoms with Crippen molar-refractivity contribution in [1.82, 2.24) is 0 Å². The van der Waals surface area contributed by atoms with Gasteiger partial charge in [-0.3, -0.25) is 0 Å². The molecule has 0 bridgehead atoms. The second-order valence-corrected chi connectivity index (χ2v) is 3.22. The van der Waals surface area contributed by atoms with Gasteiger partial charge in [-0.1, -0.05) is 41.9 Å². The predicted octanol–water partition coefficient (Wildman–Crippen LogP) is 0.899. The minimum Gasteiger partial charge on any atom is -0.396 e. The van der Waals surface area contributed by atoms with Gasteiger partial charge >= 0.3 is 0 Å². The van der Waals surface area contributed by atoms with Gasteiger partial charge in [0, 0.05) is 5.56 Å². The van der Waals surface area contributed by atoms with Crippen molar-refractivity contribution < 1.29 is 4.43 Å². The molecule has 1 atom stereocenters. The molecule has 62 valence electrons. The summed E-state index contributed by atoms with van der Waals surface area (Å²) >= 11 is 5.88. The maximum atomic E-state index is 8.75. The predicted molar refractivity (Wildman–Crippen MR) is 50.6 cm³/mol. The molecule has 1 aromatic carbocycles. The monoisotopic (exact) mass is 197 g/mol. The molecule has 1 rings (SSSR count). The molecule has 0 fully saturated rings. The molecule has 0 aromatic heterocycles. The molecule has 0 aliphatic heterocycles. The summed E-state index contributed by atoms with van der Waals surface area (Å²) in [5.41, 5.74) is 0.684. The van der Waals surface area contributed by atoms with Crippen molar-refractivity contribution in [2.24, 2.45) is 0 Å². The Bertz CT molecular complexity index is 298. The van der Waals surface area contributed by atoms with Crippen LogP contribution in [0.4, 0.5) is 0 Å². The van der Waals surface area contributed by atoms with Crippen LogP contribution in [0, 0.1) is 11.3 Å². The van der Waals surface area contributed by atoms with Crippen molar-refractivity contribution in [3.63, 3.8) is 0 Å². The largest absolute Gasteiger partial charge is 0.396 e. The zero-order valence-electron chi connectivity index (χ0n) is 6.62. The van der Waals surface area contributed by atoms with E-state index in [-0.39, 0.29) is 0 Å². The van der Waals surface area contributed by atoms with Crippen LogP contribution in [0.5, 0.6) is 0 Å². The standard InChI is InChI=1S/C8H8ClNOSi/c9-8(6-10,11-12)7-4-2-1-3-5-7/h1-5H,12H3/t8-/m0/s1. The lowest BCUT2D eigenvalue weighted by Crippen LogP contribution is -2.18. The molecule has 0 spiro atoms. The smallest absolute Gasteiger partial charge is 0.245 e. The van der Waals surface area contributed by atoms with Gasteiger partial charge in [0.1, 0.15) is 16.6 Å². The maximum absolute atomic E-state index is 8.75. The van der Waals surface area contributed by atoms with E-state index in [1.807, 2.05) is 24.3 Å². The molecule has 0 amide bonds. The van der Waals surface area contributed by atoms with Crippen LogP contribution in [0.3, 0.4) is 0 Å². The van der Waals surface area contributed by atoms with Crippen LogP contribution in [-0.2, 0) is 9.49 Å². The van der Waals surface area contributed by atoms with Crippen LogP contribution < -0.4 is 0 Å². The van der Waals surface area contributed by atoms with Gasteiger partial charge in [0.25, 0.3) is 0 Å². The van der Waals surface area contributed by atoms with Gasteiger partial charge in [-0.2, -0.15) is 5.26 Å². The summed E-state index contributed by atoms with van der Waals surface area (Å²) in [7, 11) is 0.437. The first-order valence-corrected chi connectivity index (χ1v) is 4.63. The topological polar surface area (TPSA) is 33.0 Å². The number of hydrogen-bond donors (Lipinski definition) is 0. The van der Waals surface area contributed by atoms with Gasteiger partial charge in [0.15, 0.2) is 0 Å². The fourth-order valence-corrected chi connectivity index (χ4v) is 1.33. The fourth-order valence-electron chi connectivity index (χ4n) is 0.881. The Morgan fingerprint density at radius 3 is 2.42 bits per heavy atom. The molecule has 12 heavy (non-hydrogen) atoms. The SMILES string of the molecule is N#C[C@](Cl)(O[SiH3])c1ccccc1. The molecule has 0 heterocycles. The lowest BCUT2D eigenvalue weighted by atomic mass is 10.1. The van der Waals surface area contributed by atoms with Crippen molar-refractivity contribution >= 4 is 22.1 Å². The third-order valence-electron chi connectivity index (χ3n) is 1.57. The first-order chi connectivity index (χ1) is 5.73. The summed E-state index contributed by atoms with van der Waals surface area (Å²) in [5.74, 6) is 0. The Labute approximate surface area is 79.3 Å². The lowest BCUT2D eigenvalue weighted by molar-refractivity contribution is 0.241. The van der Waals surface area contributed by atoms with Gasteiger partial charge in [0.05, 0.1) is 0 Å². The Kier molecular flexibility index (Phi) is 2.87. The van der Waals surface area contributed by atoms with Gasteiger partial charge in [-0.25, -0.2) is 0 Å². The second-order valence-electron chi connectivity index (χ2n) is 2.28. The molecule has 0 saturated carbocycles. The first kappa shape index (κ1) is 9.27. The highest BCUT2D eigenvalue weighted by molar-refractivity contribution is 6.26. The zero-order chi connectivity index (χ0) is 9.03. The van der Waals surface area contributed by atoms with Crippen molar-refractivity contribution in [3.8, 4) is 6.07 Å². The minimum absolute atomic E-state index is 0.437. The molecule has 0 N–H and O–H groups in total. The summed E-state index contributed by atoms with van der Waals surface area (Å²) in [6, 6.07) is 11.0. The summed E-state index contributed by atoms with van der Waals surface area (Å²) in [6.45, 7) is 0. The molecule has 0 radical (unpaired) electrons. The molecular formula is C8H8ClNOSi. The molecule has 0 saturated heterocycles. The van der Waals surface area contributed by atoms with Crippen LogP contribution in [-0.4, -0.2) is 10.5 Å². The Morgan fingerprint density at radius 1 is 1.42 bits per heavy atom. The van der Waals surface area contributed by atoms with Gasteiger partial charge < -0.3 is 4.43 Å². The fraction of sp³-hybridized carbons (Fsp3) is 0.125. The van der Waals surface area contributed by atoms with E-state index in [0.717, 1.165) is 0 Å². The Balaban J connectivity index is 3.06. The number of alkyl halides is 1. The van der Waals surface area contributed by atoms with E-state index in [0.29, 0.717) is 16.0 Å². The second kappa shape index (κ2) is 3.72. The van der Waals surface area contributed by atoms with Crippen molar-refractivity contribution in [3.05, 3.63) is 35.9 Å². The van der Waals surface area contributed by atoms with Crippen molar-refractivity contribution in [2.75, 3.05) is 0 Å². The summed E-state index contributed by atoms with van der Waals surface area (Å²) < 4.78 is 5.02. The van der Waals surface area contributed by atoms with E-state index in [4.69, 9.17) is 21.3 Å². The number of rotatable bonds is 2. The highest BCUT2D eigenvalue weighted by atomic mass is 35.5. The molecule has 1 aromatic rings. The number of halogens is 1. The lowest BCUT2D eigenvalue weighted by Gasteiger charge is -2.17. The number of hydrogen-bond acceptors (Lipinski definition) is 2. The van der Waals surface area contributed by atoms with Crippen molar-refractivity contribution in [1.29, 1.82) is 5.26 Å². The zero-order valence-corrected chi connectivity index (χ0v) is 9.38. The van der Waals surface area contributed by atoms with E-state index in [2.05, 4.69) is 0 Å². The highest BCUT2D eigenvalue weighted by Crippen LogP contribution is 2.27. The van der Waals surface area contributed by atoms with E-state index in [9.17, 15) is 0 Å². The van der Waals surface area contributed by atoms with Crippen molar-refractivity contribution in [2.45, 2.75) is 5.06 Å². The molecule has 0 unspecified atom stereocenters. The molecule has 0 aliphatic carbocycles. The molecule has 2 nitrogen and oxygen atoms in total. The molecule has 0 aliphatic rings. The van der Waals surface area contributed by atoms with E-state index in [1.54, 1.807) is 12.1 Å². The Hall–Kier alpha value is -0.823. The molecular weight excluding hydrogens is 190 g/mol. The van der Waals surface area contributed by atoms with Gasteiger partial charge in [-0.15, -0.1) is 0 Å². The summed E-state index contributed by atoms with van der Waals surface area (Å²) in [6.07, 6.45) is 0. The molecule has 4 heteroatoms. The van der Waals surface area contributed by atoms with Crippen LogP contribution in [0.1, 0.15) is 5.56 Å². The van der Waals surface area contributed by atoms with E-state index < -0.39 is 5.06 Å². The minimum atomic E-state index is -1.28. The van der Waals surface area contributed by atoms with E-state index in [1.165, 1.54) is 0 Å². The van der Waals surface area contributed by atoms with Crippen LogP contribution >= 0.6 is 11.6 Å². The summed E-state index contributed by atoms with van der Waals surface area (Å²) in [4.78, 5) is 0. The van der Waals surface area contributed by atoms with E-state index >= 15 is 0 Å². The quantitative estimate of drug-likeness (QED) is 0.522. The van der Waals surface area contributed by atoms with Gasteiger partial charge in [0.2, 0.25) is 5.06 Å². The number of benzene rings is 1. The normalized spacial score (nSPS) is 15.0. The summed E-state index contributed by atoms with van der Waals surface area (Å²) in [5, 5.41) is 7.47. The number of nitrogens with zero attached hydrogens (tertiary/aromatic N) is 1.